The van der Waals surface area contributed by atoms with Gasteiger partial charge in [-0.2, -0.15) is 5.26 Å². The number of piperidine rings is 1. The van der Waals surface area contributed by atoms with Crippen LogP contribution in [0, 0.1) is 16.7 Å². The van der Waals surface area contributed by atoms with Crippen LogP contribution < -0.4 is 4.90 Å². The van der Waals surface area contributed by atoms with Crippen molar-refractivity contribution in [1.82, 2.24) is 9.97 Å². The zero-order chi connectivity index (χ0) is 13.1. The van der Waals surface area contributed by atoms with Crippen LogP contribution in [0.15, 0.2) is 12.4 Å². The molecule has 0 bridgehead atoms. The second-order valence-corrected chi connectivity index (χ2v) is 5.92. The highest BCUT2D eigenvalue weighted by atomic mass is 15.2. The van der Waals surface area contributed by atoms with Gasteiger partial charge >= 0.3 is 0 Å². The van der Waals surface area contributed by atoms with Crippen LogP contribution >= 0.6 is 0 Å². The summed E-state index contributed by atoms with van der Waals surface area (Å²) in [5.74, 6) is 0.921. The van der Waals surface area contributed by atoms with Crippen LogP contribution in [0.3, 0.4) is 0 Å². The van der Waals surface area contributed by atoms with E-state index in [0.717, 1.165) is 18.9 Å². The molecule has 4 nitrogen and oxygen atoms in total. The van der Waals surface area contributed by atoms with E-state index in [1.807, 2.05) is 6.07 Å². The fourth-order valence-electron chi connectivity index (χ4n) is 3.55. The zero-order valence-electron chi connectivity index (χ0n) is 11.3. The number of hydrogen-bond donors (Lipinski definition) is 0. The molecule has 1 spiro atoms. The van der Waals surface area contributed by atoms with Crippen molar-refractivity contribution in [3.63, 3.8) is 0 Å². The molecule has 0 atom stereocenters. The third-order valence-electron chi connectivity index (χ3n) is 4.82. The molecule has 0 unspecified atom stereocenters. The summed E-state index contributed by atoms with van der Waals surface area (Å²) < 4.78 is 0. The van der Waals surface area contributed by atoms with E-state index in [-0.39, 0.29) is 0 Å². The van der Waals surface area contributed by atoms with E-state index in [1.54, 1.807) is 12.4 Å². The lowest BCUT2D eigenvalue weighted by Crippen LogP contribution is -2.41. The summed E-state index contributed by atoms with van der Waals surface area (Å²) in [7, 11) is 0. The zero-order valence-corrected chi connectivity index (χ0v) is 11.3. The van der Waals surface area contributed by atoms with E-state index in [2.05, 4.69) is 14.9 Å². The Labute approximate surface area is 114 Å². The lowest BCUT2D eigenvalue weighted by atomic mass is 9.68. The molecule has 3 rings (SSSR count). The molecule has 100 valence electrons. The van der Waals surface area contributed by atoms with Crippen molar-refractivity contribution < 1.29 is 0 Å². The van der Waals surface area contributed by atoms with Gasteiger partial charge in [0.1, 0.15) is 11.9 Å². The second kappa shape index (κ2) is 5.16. The number of nitrogens with zero attached hydrogens (tertiary/aromatic N) is 4. The van der Waals surface area contributed by atoms with Crippen molar-refractivity contribution in [3.8, 4) is 6.07 Å². The standard InChI is InChI=1S/C15H20N4/c16-10-13-11-18-14(12-17-13)19-8-6-15(7-9-19)4-2-1-3-5-15/h11-12H,1-9H2. The number of rotatable bonds is 1. The predicted molar refractivity (Wildman–Crippen MR) is 73.7 cm³/mol. The van der Waals surface area contributed by atoms with Crippen LogP contribution in [0.1, 0.15) is 50.6 Å². The van der Waals surface area contributed by atoms with E-state index < -0.39 is 0 Å². The summed E-state index contributed by atoms with van der Waals surface area (Å²) in [6.07, 6.45) is 13.0. The number of nitriles is 1. The molecule has 0 amide bonds. The highest BCUT2D eigenvalue weighted by molar-refractivity contribution is 5.37. The van der Waals surface area contributed by atoms with E-state index >= 15 is 0 Å². The minimum atomic E-state index is 0.393. The molecule has 1 saturated heterocycles. The van der Waals surface area contributed by atoms with Gasteiger partial charge in [0.2, 0.25) is 0 Å². The molecule has 1 aromatic heterocycles. The molecule has 4 heteroatoms. The Balaban J connectivity index is 1.64. The normalized spacial score (nSPS) is 22.2. The van der Waals surface area contributed by atoms with Crippen LogP contribution in [0.4, 0.5) is 5.82 Å². The molecule has 2 aliphatic rings. The molecule has 19 heavy (non-hydrogen) atoms. The van der Waals surface area contributed by atoms with Crippen molar-refractivity contribution in [2.75, 3.05) is 18.0 Å². The van der Waals surface area contributed by atoms with Gasteiger partial charge in [-0.1, -0.05) is 19.3 Å². The van der Waals surface area contributed by atoms with E-state index in [4.69, 9.17) is 5.26 Å². The van der Waals surface area contributed by atoms with Crippen LogP contribution in [0.25, 0.3) is 0 Å². The Kier molecular flexibility index (Phi) is 3.37. The lowest BCUT2D eigenvalue weighted by Gasteiger charge is -2.44. The molecule has 1 saturated carbocycles. The first-order chi connectivity index (χ1) is 9.31. The Morgan fingerprint density at radius 3 is 2.32 bits per heavy atom. The largest absolute Gasteiger partial charge is 0.355 e. The molecular formula is C15H20N4. The Bertz CT molecular complexity index is 458. The van der Waals surface area contributed by atoms with Crippen LogP contribution in [0.5, 0.6) is 0 Å². The average Bonchev–Trinajstić information content (AvgIpc) is 2.49. The second-order valence-electron chi connectivity index (χ2n) is 5.92. The maximum atomic E-state index is 8.74. The Morgan fingerprint density at radius 2 is 1.74 bits per heavy atom. The van der Waals surface area contributed by atoms with Crippen molar-refractivity contribution in [1.29, 1.82) is 5.26 Å². The first-order valence-electron chi connectivity index (χ1n) is 7.28. The van der Waals surface area contributed by atoms with Gasteiger partial charge in [-0.15, -0.1) is 0 Å². The van der Waals surface area contributed by atoms with Gasteiger partial charge in [-0.05, 0) is 31.1 Å². The Morgan fingerprint density at radius 1 is 1.00 bits per heavy atom. The number of hydrogen-bond acceptors (Lipinski definition) is 4. The fourth-order valence-corrected chi connectivity index (χ4v) is 3.55. The van der Waals surface area contributed by atoms with Crippen LogP contribution in [0.2, 0.25) is 0 Å². The van der Waals surface area contributed by atoms with Crippen molar-refractivity contribution in [3.05, 3.63) is 18.1 Å². The molecule has 2 fully saturated rings. The summed E-state index contributed by atoms with van der Waals surface area (Å²) >= 11 is 0. The molecule has 0 radical (unpaired) electrons. The smallest absolute Gasteiger partial charge is 0.158 e. The van der Waals surface area contributed by atoms with Gasteiger partial charge in [0, 0.05) is 13.1 Å². The van der Waals surface area contributed by atoms with Crippen molar-refractivity contribution in [2.24, 2.45) is 5.41 Å². The quantitative estimate of drug-likeness (QED) is 0.775. The molecule has 1 aliphatic heterocycles. The van der Waals surface area contributed by atoms with E-state index in [9.17, 15) is 0 Å². The summed E-state index contributed by atoms with van der Waals surface area (Å²) in [4.78, 5) is 10.8. The fraction of sp³-hybridized carbons (Fsp3) is 0.667. The highest BCUT2D eigenvalue weighted by Crippen LogP contribution is 2.44. The maximum absolute atomic E-state index is 8.74. The van der Waals surface area contributed by atoms with Crippen LogP contribution in [-0.4, -0.2) is 23.1 Å². The molecule has 0 N–H and O–H groups in total. The summed E-state index contributed by atoms with van der Waals surface area (Å²) in [5, 5.41) is 8.74. The minimum Gasteiger partial charge on any atom is -0.355 e. The molecule has 0 aromatic carbocycles. The number of anilines is 1. The third-order valence-corrected chi connectivity index (χ3v) is 4.82. The average molecular weight is 256 g/mol. The highest BCUT2D eigenvalue weighted by Gasteiger charge is 2.35. The van der Waals surface area contributed by atoms with Crippen molar-refractivity contribution in [2.45, 2.75) is 44.9 Å². The van der Waals surface area contributed by atoms with Gasteiger partial charge in [-0.3, -0.25) is 0 Å². The lowest BCUT2D eigenvalue weighted by molar-refractivity contribution is 0.144. The topological polar surface area (TPSA) is 52.8 Å². The van der Waals surface area contributed by atoms with E-state index in [0.29, 0.717) is 11.1 Å². The van der Waals surface area contributed by atoms with Crippen molar-refractivity contribution >= 4 is 5.82 Å². The third kappa shape index (κ3) is 2.56. The number of aromatic nitrogens is 2. The molecule has 1 aromatic rings. The summed E-state index contributed by atoms with van der Waals surface area (Å²) in [6.45, 7) is 2.17. The summed E-state index contributed by atoms with van der Waals surface area (Å²) in [5.41, 5.74) is 1.01. The Hall–Kier alpha value is -1.63. The maximum Gasteiger partial charge on any atom is 0.158 e. The minimum absolute atomic E-state index is 0.393. The van der Waals surface area contributed by atoms with Gasteiger partial charge in [0.25, 0.3) is 0 Å². The van der Waals surface area contributed by atoms with Gasteiger partial charge in [0.15, 0.2) is 5.69 Å². The van der Waals surface area contributed by atoms with Gasteiger partial charge < -0.3 is 4.90 Å². The van der Waals surface area contributed by atoms with Crippen LogP contribution in [-0.2, 0) is 0 Å². The predicted octanol–water partition coefficient (Wildman–Crippen LogP) is 2.90. The first-order valence-corrected chi connectivity index (χ1v) is 7.28. The monoisotopic (exact) mass is 256 g/mol. The SMILES string of the molecule is N#Cc1cnc(N2CCC3(CCCCC3)CC2)cn1. The van der Waals surface area contributed by atoms with E-state index in [1.165, 1.54) is 44.9 Å². The van der Waals surface area contributed by atoms with Gasteiger partial charge in [0.05, 0.1) is 12.4 Å². The molecular weight excluding hydrogens is 236 g/mol. The molecule has 2 heterocycles. The first kappa shape index (κ1) is 12.4. The molecule has 1 aliphatic carbocycles. The van der Waals surface area contributed by atoms with Gasteiger partial charge in [-0.25, -0.2) is 9.97 Å². The summed E-state index contributed by atoms with van der Waals surface area (Å²) in [6, 6.07) is 2.01.